The van der Waals surface area contributed by atoms with Crippen molar-refractivity contribution in [3.05, 3.63) is 29.8 Å². The molecule has 1 aliphatic heterocycles. The van der Waals surface area contributed by atoms with Crippen molar-refractivity contribution in [2.75, 3.05) is 6.61 Å². The molecule has 104 valence electrons. The molecule has 0 radical (unpaired) electrons. The van der Waals surface area contributed by atoms with Crippen LogP contribution in [0.4, 0.5) is 0 Å². The normalized spacial score (nSPS) is 26.3. The summed E-state index contributed by atoms with van der Waals surface area (Å²) in [5, 5.41) is 9.36. The minimum Gasteiger partial charge on any atom is -0.493 e. The van der Waals surface area contributed by atoms with Gasteiger partial charge in [0.15, 0.2) is 0 Å². The zero-order chi connectivity index (χ0) is 13.8. The number of benzene rings is 1. The average Bonchev–Trinajstić information content (AvgIpc) is 2.78. The Bertz CT molecular complexity index is 450. The Morgan fingerprint density at radius 3 is 2.79 bits per heavy atom. The summed E-state index contributed by atoms with van der Waals surface area (Å²) in [5.41, 5.74) is 6.95. The van der Waals surface area contributed by atoms with E-state index in [2.05, 4.69) is 10.9 Å². The molecular weight excluding hydrogens is 244 g/mol. The summed E-state index contributed by atoms with van der Waals surface area (Å²) in [6, 6.07) is 7.20. The van der Waals surface area contributed by atoms with Crippen LogP contribution in [0.2, 0.25) is 0 Å². The SMILES string of the molecule is CCCOc1ccccc1C1NNC(C)C1C(=O)O. The Morgan fingerprint density at radius 1 is 1.37 bits per heavy atom. The molecule has 0 bridgehead atoms. The summed E-state index contributed by atoms with van der Waals surface area (Å²) >= 11 is 0. The summed E-state index contributed by atoms with van der Waals surface area (Å²) < 4.78 is 5.70. The molecule has 5 nitrogen and oxygen atoms in total. The molecule has 3 unspecified atom stereocenters. The number of aliphatic carboxylic acids is 1. The van der Waals surface area contributed by atoms with E-state index >= 15 is 0 Å². The molecule has 19 heavy (non-hydrogen) atoms. The van der Waals surface area contributed by atoms with Crippen LogP contribution in [-0.4, -0.2) is 23.7 Å². The van der Waals surface area contributed by atoms with Gasteiger partial charge in [0.2, 0.25) is 0 Å². The van der Waals surface area contributed by atoms with E-state index < -0.39 is 11.9 Å². The molecule has 3 N–H and O–H groups in total. The minimum absolute atomic E-state index is 0.123. The predicted octanol–water partition coefficient (Wildman–Crippen LogP) is 1.71. The summed E-state index contributed by atoms with van der Waals surface area (Å²) in [6.45, 7) is 4.53. The van der Waals surface area contributed by atoms with Crippen LogP contribution < -0.4 is 15.6 Å². The van der Waals surface area contributed by atoms with Crippen molar-refractivity contribution >= 4 is 5.97 Å². The van der Waals surface area contributed by atoms with Crippen molar-refractivity contribution in [2.24, 2.45) is 5.92 Å². The fourth-order valence-electron chi connectivity index (χ4n) is 2.40. The zero-order valence-corrected chi connectivity index (χ0v) is 11.2. The summed E-state index contributed by atoms with van der Waals surface area (Å²) in [4.78, 5) is 11.4. The number of rotatable bonds is 5. The van der Waals surface area contributed by atoms with Gasteiger partial charge in [0.25, 0.3) is 0 Å². The number of carboxylic acid groups (broad SMARTS) is 1. The number of ether oxygens (including phenoxy) is 1. The van der Waals surface area contributed by atoms with E-state index in [0.29, 0.717) is 6.61 Å². The third-order valence-corrected chi connectivity index (χ3v) is 3.37. The molecule has 1 saturated heterocycles. The van der Waals surface area contributed by atoms with Crippen LogP contribution >= 0.6 is 0 Å². The molecular formula is C14H20N2O3. The quantitative estimate of drug-likeness (QED) is 0.755. The number of para-hydroxylation sites is 1. The predicted molar refractivity (Wildman–Crippen MR) is 71.8 cm³/mol. The van der Waals surface area contributed by atoms with Crippen LogP contribution in [0.3, 0.4) is 0 Å². The molecule has 1 heterocycles. The summed E-state index contributed by atoms with van der Waals surface area (Å²) in [6.07, 6.45) is 0.920. The van der Waals surface area contributed by atoms with Crippen LogP contribution in [0.15, 0.2) is 24.3 Å². The number of hydrogen-bond donors (Lipinski definition) is 3. The van der Waals surface area contributed by atoms with E-state index in [1.165, 1.54) is 0 Å². The smallest absolute Gasteiger partial charge is 0.310 e. The highest BCUT2D eigenvalue weighted by Crippen LogP contribution is 2.34. The molecule has 2 rings (SSSR count). The van der Waals surface area contributed by atoms with Crippen molar-refractivity contribution in [3.63, 3.8) is 0 Å². The van der Waals surface area contributed by atoms with Gasteiger partial charge in [0, 0.05) is 11.6 Å². The Hall–Kier alpha value is -1.59. The van der Waals surface area contributed by atoms with Crippen molar-refractivity contribution in [2.45, 2.75) is 32.4 Å². The molecule has 1 aromatic carbocycles. The molecule has 0 saturated carbocycles. The van der Waals surface area contributed by atoms with Crippen LogP contribution in [0.25, 0.3) is 0 Å². The standard InChI is InChI=1S/C14H20N2O3/c1-3-8-19-11-7-5-4-6-10(11)13-12(14(17)18)9(2)15-16-13/h4-7,9,12-13,15-16H,3,8H2,1-2H3,(H,17,18). The first-order chi connectivity index (χ1) is 9.15. The fourth-order valence-corrected chi connectivity index (χ4v) is 2.40. The first kappa shape index (κ1) is 13.8. The molecule has 1 aliphatic rings. The van der Waals surface area contributed by atoms with Crippen molar-refractivity contribution < 1.29 is 14.6 Å². The minimum atomic E-state index is -0.805. The lowest BCUT2D eigenvalue weighted by molar-refractivity contribution is -0.142. The van der Waals surface area contributed by atoms with Gasteiger partial charge in [-0.15, -0.1) is 0 Å². The number of carbonyl (C=O) groups is 1. The van der Waals surface area contributed by atoms with Crippen molar-refractivity contribution in [3.8, 4) is 5.75 Å². The highest BCUT2D eigenvalue weighted by atomic mass is 16.5. The number of hydrogen-bond acceptors (Lipinski definition) is 4. The molecule has 0 aliphatic carbocycles. The highest BCUT2D eigenvalue weighted by molar-refractivity contribution is 5.73. The van der Waals surface area contributed by atoms with E-state index in [1.54, 1.807) is 0 Å². The van der Waals surface area contributed by atoms with Crippen LogP contribution in [0.1, 0.15) is 31.9 Å². The third-order valence-electron chi connectivity index (χ3n) is 3.37. The lowest BCUT2D eigenvalue weighted by Crippen LogP contribution is -2.30. The van der Waals surface area contributed by atoms with Crippen LogP contribution in [-0.2, 0) is 4.79 Å². The van der Waals surface area contributed by atoms with E-state index in [-0.39, 0.29) is 12.1 Å². The fraction of sp³-hybridized carbons (Fsp3) is 0.500. The first-order valence-electron chi connectivity index (χ1n) is 6.60. The Balaban J connectivity index is 2.27. The second-order valence-electron chi connectivity index (χ2n) is 4.81. The van der Waals surface area contributed by atoms with Crippen LogP contribution in [0, 0.1) is 5.92 Å². The Labute approximate surface area is 112 Å². The van der Waals surface area contributed by atoms with Gasteiger partial charge >= 0.3 is 5.97 Å². The third kappa shape index (κ3) is 2.88. The molecule has 5 heteroatoms. The lowest BCUT2D eigenvalue weighted by Gasteiger charge is -2.20. The average molecular weight is 264 g/mol. The van der Waals surface area contributed by atoms with E-state index in [4.69, 9.17) is 4.74 Å². The lowest BCUT2D eigenvalue weighted by atomic mass is 9.90. The van der Waals surface area contributed by atoms with Gasteiger partial charge in [-0.25, -0.2) is 5.43 Å². The number of carboxylic acids is 1. The van der Waals surface area contributed by atoms with Gasteiger partial charge < -0.3 is 9.84 Å². The van der Waals surface area contributed by atoms with Gasteiger partial charge in [0.1, 0.15) is 5.75 Å². The molecule has 0 spiro atoms. The first-order valence-corrected chi connectivity index (χ1v) is 6.60. The van der Waals surface area contributed by atoms with E-state index in [1.807, 2.05) is 38.1 Å². The van der Waals surface area contributed by atoms with Crippen molar-refractivity contribution in [1.29, 1.82) is 0 Å². The number of hydrazine groups is 1. The van der Waals surface area contributed by atoms with E-state index in [9.17, 15) is 9.90 Å². The number of nitrogens with one attached hydrogen (secondary N) is 2. The second-order valence-corrected chi connectivity index (χ2v) is 4.81. The highest BCUT2D eigenvalue weighted by Gasteiger charge is 2.40. The maximum absolute atomic E-state index is 11.4. The monoisotopic (exact) mass is 264 g/mol. The maximum Gasteiger partial charge on any atom is 0.310 e. The van der Waals surface area contributed by atoms with Gasteiger partial charge in [-0.1, -0.05) is 25.1 Å². The molecule has 3 atom stereocenters. The topological polar surface area (TPSA) is 70.6 Å². The molecule has 1 aromatic rings. The van der Waals surface area contributed by atoms with E-state index in [0.717, 1.165) is 17.7 Å². The zero-order valence-electron chi connectivity index (χ0n) is 11.2. The molecule has 0 amide bonds. The second kappa shape index (κ2) is 6.04. The van der Waals surface area contributed by atoms with Crippen LogP contribution in [0.5, 0.6) is 5.75 Å². The van der Waals surface area contributed by atoms with Gasteiger partial charge in [-0.05, 0) is 19.4 Å². The molecule has 0 aromatic heterocycles. The summed E-state index contributed by atoms with van der Waals surface area (Å²) in [5.74, 6) is -0.560. The summed E-state index contributed by atoms with van der Waals surface area (Å²) in [7, 11) is 0. The van der Waals surface area contributed by atoms with Gasteiger partial charge in [0.05, 0.1) is 18.6 Å². The molecule has 1 fully saturated rings. The van der Waals surface area contributed by atoms with Crippen molar-refractivity contribution in [1.82, 2.24) is 10.9 Å². The Morgan fingerprint density at radius 2 is 2.11 bits per heavy atom. The Kier molecular flexibility index (Phi) is 4.39. The largest absolute Gasteiger partial charge is 0.493 e. The van der Waals surface area contributed by atoms with Gasteiger partial charge in [-0.2, -0.15) is 0 Å². The van der Waals surface area contributed by atoms with Gasteiger partial charge in [-0.3, -0.25) is 10.2 Å². The maximum atomic E-state index is 11.4.